The van der Waals surface area contributed by atoms with Gasteiger partial charge in [0.15, 0.2) is 0 Å². The van der Waals surface area contributed by atoms with Crippen molar-refractivity contribution in [2.75, 3.05) is 20.2 Å². The minimum absolute atomic E-state index is 0.754. The second-order valence-electron chi connectivity index (χ2n) is 6.72. The minimum atomic E-state index is 0.754. The normalized spacial score (nSPS) is 14.2. The summed E-state index contributed by atoms with van der Waals surface area (Å²) in [5.41, 5.74) is 3.72. The molecule has 1 aliphatic rings. The first-order valence-corrected chi connectivity index (χ1v) is 8.87. The zero-order valence-electron chi connectivity index (χ0n) is 14.9. The van der Waals surface area contributed by atoms with Crippen LogP contribution in [0.1, 0.15) is 5.56 Å². The molecule has 26 heavy (non-hydrogen) atoms. The van der Waals surface area contributed by atoms with E-state index in [-0.39, 0.29) is 0 Å². The van der Waals surface area contributed by atoms with E-state index in [4.69, 9.17) is 4.74 Å². The highest BCUT2D eigenvalue weighted by molar-refractivity contribution is 6.15. The Bertz CT molecular complexity index is 1190. The van der Waals surface area contributed by atoms with Crippen LogP contribution < -0.4 is 10.1 Å². The second-order valence-corrected chi connectivity index (χ2v) is 6.72. The standard InChI is InChI=1S/C21H20N4O/c1-13-16-5-6-22-11-14(16)9-18-17-10-15(26-2)3-4-19(17)25(21(13)18)12-20-23-7-8-24-20/h3-6,9-11H,7-8,12H2,1-2H3,(H,23,24). The highest BCUT2D eigenvalue weighted by Crippen LogP contribution is 2.36. The number of nitrogens with zero attached hydrogens (tertiary/aromatic N) is 3. The third kappa shape index (κ3) is 2.17. The van der Waals surface area contributed by atoms with Crippen molar-refractivity contribution in [3.8, 4) is 5.75 Å². The Balaban J connectivity index is 1.90. The Morgan fingerprint density at radius 2 is 2.08 bits per heavy atom. The van der Waals surface area contributed by atoms with Crippen molar-refractivity contribution < 1.29 is 4.74 Å². The average molecular weight is 344 g/mol. The van der Waals surface area contributed by atoms with E-state index in [0.29, 0.717) is 0 Å². The van der Waals surface area contributed by atoms with Crippen LogP contribution >= 0.6 is 0 Å². The fourth-order valence-corrected chi connectivity index (χ4v) is 4.05. The van der Waals surface area contributed by atoms with Gasteiger partial charge in [0, 0.05) is 40.6 Å². The van der Waals surface area contributed by atoms with Gasteiger partial charge in [0.25, 0.3) is 0 Å². The summed E-state index contributed by atoms with van der Waals surface area (Å²) < 4.78 is 7.85. The number of aliphatic imine (C=N–C) groups is 1. The van der Waals surface area contributed by atoms with Crippen molar-refractivity contribution in [1.29, 1.82) is 0 Å². The van der Waals surface area contributed by atoms with Crippen LogP contribution in [-0.2, 0) is 6.54 Å². The van der Waals surface area contributed by atoms with Crippen LogP contribution in [0.15, 0.2) is 47.7 Å². The van der Waals surface area contributed by atoms with Crippen molar-refractivity contribution in [2.24, 2.45) is 4.99 Å². The van der Waals surface area contributed by atoms with Gasteiger partial charge >= 0.3 is 0 Å². The maximum absolute atomic E-state index is 5.47. The number of fused-ring (bicyclic) bond motifs is 4. The van der Waals surface area contributed by atoms with Crippen LogP contribution in [-0.4, -0.2) is 35.6 Å². The lowest BCUT2D eigenvalue weighted by Gasteiger charge is -2.11. The summed E-state index contributed by atoms with van der Waals surface area (Å²) in [6.07, 6.45) is 3.80. The second kappa shape index (κ2) is 5.73. The fourth-order valence-electron chi connectivity index (χ4n) is 4.05. The number of benzene rings is 2. The fraction of sp³-hybridized carbons (Fsp3) is 0.238. The number of methoxy groups -OCH3 is 1. The Kier molecular flexibility index (Phi) is 3.35. The van der Waals surface area contributed by atoms with E-state index in [0.717, 1.165) is 36.6 Å². The van der Waals surface area contributed by atoms with Crippen LogP contribution in [0.25, 0.3) is 32.6 Å². The van der Waals surface area contributed by atoms with Crippen LogP contribution in [0.5, 0.6) is 5.75 Å². The summed E-state index contributed by atoms with van der Waals surface area (Å²) in [5.74, 6) is 1.92. The summed E-state index contributed by atoms with van der Waals surface area (Å²) in [7, 11) is 1.71. The molecule has 1 N–H and O–H groups in total. The quantitative estimate of drug-likeness (QED) is 0.617. The Labute approximate surface area is 151 Å². The molecule has 1 aliphatic heterocycles. The van der Waals surface area contributed by atoms with Gasteiger partial charge in [-0.1, -0.05) is 0 Å². The number of ether oxygens (including phenoxy) is 1. The molecular formula is C21H20N4O. The van der Waals surface area contributed by atoms with Gasteiger partial charge in [-0.15, -0.1) is 0 Å². The van der Waals surface area contributed by atoms with E-state index in [1.54, 1.807) is 7.11 Å². The molecule has 0 spiro atoms. The molecule has 0 bridgehead atoms. The SMILES string of the molecule is COc1ccc2c(c1)c1cc3cnccc3c(C)c1n2CC1=NCCN1. The molecule has 0 radical (unpaired) electrons. The summed E-state index contributed by atoms with van der Waals surface area (Å²) in [6.45, 7) is 4.73. The highest BCUT2D eigenvalue weighted by atomic mass is 16.5. The summed E-state index contributed by atoms with van der Waals surface area (Å²) in [4.78, 5) is 8.90. The van der Waals surface area contributed by atoms with Gasteiger partial charge in [-0.05, 0) is 48.2 Å². The van der Waals surface area contributed by atoms with Crippen molar-refractivity contribution in [3.05, 3.63) is 48.3 Å². The van der Waals surface area contributed by atoms with Gasteiger partial charge in [-0.2, -0.15) is 0 Å². The summed E-state index contributed by atoms with van der Waals surface area (Å²) in [6, 6.07) is 10.6. The molecule has 3 heterocycles. The maximum atomic E-state index is 5.47. The monoisotopic (exact) mass is 344 g/mol. The molecule has 2 aromatic carbocycles. The topological polar surface area (TPSA) is 51.4 Å². The third-order valence-electron chi connectivity index (χ3n) is 5.27. The molecular weight excluding hydrogens is 324 g/mol. The molecule has 2 aromatic heterocycles. The summed E-state index contributed by atoms with van der Waals surface area (Å²) >= 11 is 0. The zero-order chi connectivity index (χ0) is 17.7. The highest BCUT2D eigenvalue weighted by Gasteiger charge is 2.17. The van der Waals surface area contributed by atoms with Crippen molar-refractivity contribution in [1.82, 2.24) is 14.9 Å². The minimum Gasteiger partial charge on any atom is -0.497 e. The predicted molar refractivity (Wildman–Crippen MR) is 106 cm³/mol. The molecule has 130 valence electrons. The largest absolute Gasteiger partial charge is 0.497 e. The number of amidine groups is 1. The van der Waals surface area contributed by atoms with Crippen LogP contribution in [0.4, 0.5) is 0 Å². The van der Waals surface area contributed by atoms with Gasteiger partial charge in [0.2, 0.25) is 0 Å². The van der Waals surface area contributed by atoms with E-state index in [1.807, 2.05) is 18.5 Å². The molecule has 0 amide bonds. The molecule has 0 fully saturated rings. The smallest absolute Gasteiger partial charge is 0.119 e. The molecule has 4 aromatic rings. The lowest BCUT2D eigenvalue weighted by Crippen LogP contribution is -2.23. The molecule has 0 unspecified atom stereocenters. The van der Waals surface area contributed by atoms with Crippen LogP contribution in [0.2, 0.25) is 0 Å². The van der Waals surface area contributed by atoms with Gasteiger partial charge in [0.1, 0.15) is 11.6 Å². The van der Waals surface area contributed by atoms with Crippen molar-refractivity contribution in [2.45, 2.75) is 13.5 Å². The van der Waals surface area contributed by atoms with E-state index < -0.39 is 0 Å². The lowest BCUT2D eigenvalue weighted by molar-refractivity contribution is 0.415. The Morgan fingerprint density at radius 3 is 2.88 bits per heavy atom. The molecule has 5 nitrogen and oxygen atoms in total. The van der Waals surface area contributed by atoms with Gasteiger partial charge in [0.05, 0.1) is 25.7 Å². The van der Waals surface area contributed by atoms with Gasteiger partial charge in [-0.3, -0.25) is 9.98 Å². The molecule has 0 saturated heterocycles. The number of aromatic nitrogens is 2. The first-order valence-electron chi connectivity index (χ1n) is 8.87. The van der Waals surface area contributed by atoms with Gasteiger partial charge < -0.3 is 14.6 Å². The van der Waals surface area contributed by atoms with Gasteiger partial charge in [-0.25, -0.2) is 0 Å². The average Bonchev–Trinajstić information content (AvgIpc) is 3.29. The third-order valence-corrected chi connectivity index (χ3v) is 5.27. The summed E-state index contributed by atoms with van der Waals surface area (Å²) in [5, 5.41) is 8.23. The number of aryl methyl sites for hydroxylation is 1. The Hall–Kier alpha value is -3.08. The first-order chi connectivity index (χ1) is 12.8. The van der Waals surface area contributed by atoms with E-state index in [1.165, 1.54) is 32.8 Å². The number of nitrogens with one attached hydrogen (secondary N) is 1. The van der Waals surface area contributed by atoms with Crippen molar-refractivity contribution in [3.63, 3.8) is 0 Å². The first kappa shape index (κ1) is 15.2. The number of hydrogen-bond acceptors (Lipinski definition) is 4. The van der Waals surface area contributed by atoms with Crippen molar-refractivity contribution >= 4 is 38.4 Å². The Morgan fingerprint density at radius 1 is 1.15 bits per heavy atom. The molecule has 0 atom stereocenters. The zero-order valence-corrected chi connectivity index (χ0v) is 14.9. The predicted octanol–water partition coefficient (Wildman–Crippen LogP) is 3.66. The molecule has 5 rings (SSSR count). The number of hydrogen-bond donors (Lipinski definition) is 1. The van der Waals surface area contributed by atoms with Crippen LogP contribution in [0, 0.1) is 6.92 Å². The van der Waals surface area contributed by atoms with E-state index >= 15 is 0 Å². The van der Waals surface area contributed by atoms with E-state index in [2.05, 4.69) is 51.0 Å². The molecule has 0 aliphatic carbocycles. The number of rotatable bonds is 3. The lowest BCUT2D eigenvalue weighted by atomic mass is 10.0. The molecule has 5 heteroatoms. The molecule has 0 saturated carbocycles. The van der Waals surface area contributed by atoms with E-state index in [9.17, 15) is 0 Å². The number of pyridine rings is 1. The maximum Gasteiger partial charge on any atom is 0.119 e. The van der Waals surface area contributed by atoms with Crippen LogP contribution in [0.3, 0.4) is 0 Å².